The molecule has 4 heteroatoms. The van der Waals surface area contributed by atoms with Crippen molar-refractivity contribution in [3.05, 3.63) is 40.9 Å². The van der Waals surface area contributed by atoms with Crippen molar-refractivity contribution in [2.45, 2.75) is 42.0 Å². The first-order valence-corrected chi connectivity index (χ1v) is 7.81. The molecule has 0 aliphatic heterocycles. The number of nitrogens with two attached hydrogens (primary N) is 1. The summed E-state index contributed by atoms with van der Waals surface area (Å²) in [4.78, 5) is 5.60. The zero-order valence-electron chi connectivity index (χ0n) is 10.7. The fourth-order valence-corrected chi connectivity index (χ4v) is 3.45. The first kappa shape index (κ1) is 13.6. The topological polar surface area (TPSA) is 38.9 Å². The lowest BCUT2D eigenvalue weighted by atomic mass is 10.0. The Kier molecular flexibility index (Phi) is 4.80. The smallest absolute Gasteiger partial charge is 0.154 e. The van der Waals surface area contributed by atoms with Gasteiger partial charge in [-0.3, -0.25) is 0 Å². The summed E-state index contributed by atoms with van der Waals surface area (Å²) in [5.41, 5.74) is 8.70. The molecule has 0 aliphatic rings. The number of aryl methyl sites for hydroxylation is 1. The Morgan fingerprint density at radius 2 is 2.28 bits per heavy atom. The van der Waals surface area contributed by atoms with Crippen molar-refractivity contribution < 1.29 is 0 Å². The average Bonchev–Trinajstić information content (AvgIpc) is 2.85. The van der Waals surface area contributed by atoms with Gasteiger partial charge >= 0.3 is 0 Å². The van der Waals surface area contributed by atoms with Gasteiger partial charge in [-0.05, 0) is 31.4 Å². The molecule has 2 aromatic rings. The lowest BCUT2D eigenvalue weighted by molar-refractivity contribution is 0.641. The molecular formula is C14H18N2S2. The van der Waals surface area contributed by atoms with Gasteiger partial charge in [0.05, 0.1) is 0 Å². The van der Waals surface area contributed by atoms with Gasteiger partial charge in [0.2, 0.25) is 0 Å². The van der Waals surface area contributed by atoms with Gasteiger partial charge < -0.3 is 5.73 Å². The second-order valence-electron chi connectivity index (χ2n) is 4.38. The summed E-state index contributed by atoms with van der Waals surface area (Å²) < 4.78 is 1.09. The third kappa shape index (κ3) is 3.57. The van der Waals surface area contributed by atoms with Crippen LogP contribution in [-0.2, 0) is 6.42 Å². The van der Waals surface area contributed by atoms with Crippen molar-refractivity contribution in [2.75, 3.05) is 0 Å². The summed E-state index contributed by atoms with van der Waals surface area (Å²) in [6, 6.07) is 6.81. The molecule has 18 heavy (non-hydrogen) atoms. The van der Waals surface area contributed by atoms with E-state index in [0.717, 1.165) is 17.2 Å². The van der Waals surface area contributed by atoms with Crippen LogP contribution in [0.1, 0.15) is 24.5 Å². The molecular weight excluding hydrogens is 260 g/mol. The molecule has 1 heterocycles. The highest BCUT2D eigenvalue weighted by Gasteiger charge is 2.09. The Morgan fingerprint density at radius 1 is 1.44 bits per heavy atom. The summed E-state index contributed by atoms with van der Waals surface area (Å²) in [5, 5.41) is 2.01. The van der Waals surface area contributed by atoms with Crippen LogP contribution >= 0.6 is 23.1 Å². The molecule has 0 saturated heterocycles. The molecule has 2 rings (SSSR count). The fraction of sp³-hybridized carbons (Fsp3) is 0.357. The van der Waals surface area contributed by atoms with Crippen LogP contribution in [0, 0.1) is 6.92 Å². The zero-order valence-corrected chi connectivity index (χ0v) is 12.4. The summed E-state index contributed by atoms with van der Waals surface area (Å²) >= 11 is 3.41. The van der Waals surface area contributed by atoms with Crippen LogP contribution in [0.4, 0.5) is 0 Å². The fourth-order valence-electron chi connectivity index (χ4n) is 1.75. The second kappa shape index (κ2) is 6.36. The van der Waals surface area contributed by atoms with Gasteiger partial charge in [0.15, 0.2) is 4.34 Å². The molecule has 1 unspecified atom stereocenters. The van der Waals surface area contributed by atoms with E-state index in [1.165, 1.54) is 16.0 Å². The largest absolute Gasteiger partial charge is 0.327 e. The van der Waals surface area contributed by atoms with Crippen molar-refractivity contribution >= 4 is 23.1 Å². The van der Waals surface area contributed by atoms with Gasteiger partial charge in [-0.2, -0.15) is 0 Å². The van der Waals surface area contributed by atoms with Gasteiger partial charge in [-0.25, -0.2) is 4.98 Å². The lowest BCUT2D eigenvalue weighted by Crippen LogP contribution is -2.21. The van der Waals surface area contributed by atoms with Crippen molar-refractivity contribution in [2.24, 2.45) is 5.73 Å². The van der Waals surface area contributed by atoms with Crippen LogP contribution in [0.2, 0.25) is 0 Å². The van der Waals surface area contributed by atoms with Crippen LogP contribution in [0.25, 0.3) is 0 Å². The van der Waals surface area contributed by atoms with Crippen LogP contribution in [-0.4, -0.2) is 11.0 Å². The van der Waals surface area contributed by atoms with Gasteiger partial charge in [-0.15, -0.1) is 11.3 Å². The zero-order chi connectivity index (χ0) is 13.0. The van der Waals surface area contributed by atoms with Crippen LogP contribution in [0.15, 0.2) is 39.0 Å². The molecule has 0 spiro atoms. The number of hydrogen-bond donors (Lipinski definition) is 1. The van der Waals surface area contributed by atoms with E-state index in [0.29, 0.717) is 0 Å². The summed E-state index contributed by atoms with van der Waals surface area (Å²) in [5.74, 6) is 0. The monoisotopic (exact) mass is 278 g/mol. The molecule has 0 fully saturated rings. The number of thiazole rings is 1. The van der Waals surface area contributed by atoms with E-state index in [1.54, 1.807) is 23.1 Å². The number of nitrogens with zero attached hydrogens (tertiary/aromatic N) is 1. The maximum absolute atomic E-state index is 6.08. The minimum Gasteiger partial charge on any atom is -0.327 e. The Morgan fingerprint density at radius 3 is 2.94 bits per heavy atom. The summed E-state index contributed by atoms with van der Waals surface area (Å²) in [6.07, 6.45) is 3.79. The third-order valence-corrected chi connectivity index (χ3v) is 4.83. The predicted molar refractivity (Wildman–Crippen MR) is 79.4 cm³/mol. The molecule has 96 valence electrons. The highest BCUT2D eigenvalue weighted by atomic mass is 32.2. The van der Waals surface area contributed by atoms with Gasteiger partial charge in [0.1, 0.15) is 0 Å². The number of aromatic nitrogens is 1. The van der Waals surface area contributed by atoms with E-state index < -0.39 is 0 Å². The molecule has 1 atom stereocenters. The van der Waals surface area contributed by atoms with Gasteiger partial charge in [0.25, 0.3) is 0 Å². The van der Waals surface area contributed by atoms with Gasteiger partial charge in [-0.1, -0.05) is 36.4 Å². The Labute approximate surface area is 117 Å². The quantitative estimate of drug-likeness (QED) is 0.902. The first-order valence-electron chi connectivity index (χ1n) is 6.11. The standard InChI is InChI=1S/C14H18N2S2/c1-3-12(15)9-11-8-10(2)4-5-13(11)18-14-16-6-7-17-14/h4-8,12H,3,9,15H2,1-2H3. The van der Waals surface area contributed by atoms with Crippen molar-refractivity contribution in [3.63, 3.8) is 0 Å². The molecule has 0 amide bonds. The molecule has 2 N–H and O–H groups in total. The minimum absolute atomic E-state index is 0.238. The number of benzene rings is 1. The molecule has 0 saturated carbocycles. The van der Waals surface area contributed by atoms with Crippen LogP contribution < -0.4 is 5.73 Å². The maximum atomic E-state index is 6.08. The molecule has 2 nitrogen and oxygen atoms in total. The normalized spacial score (nSPS) is 12.6. The highest BCUT2D eigenvalue weighted by Crippen LogP contribution is 2.32. The molecule has 0 radical (unpaired) electrons. The summed E-state index contributed by atoms with van der Waals surface area (Å²) in [6.45, 7) is 4.26. The molecule has 0 aliphatic carbocycles. The Bertz CT molecular complexity index is 495. The van der Waals surface area contributed by atoms with Gasteiger partial charge in [0, 0.05) is 22.5 Å². The first-order chi connectivity index (χ1) is 8.69. The van der Waals surface area contributed by atoms with E-state index >= 15 is 0 Å². The molecule has 1 aromatic carbocycles. The SMILES string of the molecule is CCC(N)Cc1cc(C)ccc1Sc1nccs1. The Hall–Kier alpha value is -0.840. The average molecular weight is 278 g/mol. The van der Waals surface area contributed by atoms with E-state index in [2.05, 4.69) is 37.0 Å². The van der Waals surface area contributed by atoms with Crippen LogP contribution in [0.5, 0.6) is 0 Å². The van der Waals surface area contributed by atoms with E-state index in [-0.39, 0.29) is 6.04 Å². The molecule has 0 bridgehead atoms. The van der Waals surface area contributed by atoms with Crippen LogP contribution in [0.3, 0.4) is 0 Å². The van der Waals surface area contributed by atoms with Crippen molar-refractivity contribution in [1.82, 2.24) is 4.98 Å². The minimum atomic E-state index is 0.238. The predicted octanol–water partition coefficient (Wildman–Crippen LogP) is 3.88. The highest BCUT2D eigenvalue weighted by molar-refractivity contribution is 8.01. The molecule has 1 aromatic heterocycles. The lowest BCUT2D eigenvalue weighted by Gasteiger charge is -2.13. The van der Waals surface area contributed by atoms with Crippen molar-refractivity contribution in [1.29, 1.82) is 0 Å². The number of hydrogen-bond acceptors (Lipinski definition) is 4. The van der Waals surface area contributed by atoms with E-state index in [1.807, 2.05) is 11.6 Å². The van der Waals surface area contributed by atoms with E-state index in [4.69, 9.17) is 5.73 Å². The van der Waals surface area contributed by atoms with Crippen molar-refractivity contribution in [3.8, 4) is 0 Å². The Balaban J connectivity index is 2.22. The summed E-state index contributed by atoms with van der Waals surface area (Å²) in [7, 11) is 0. The second-order valence-corrected chi connectivity index (χ2v) is 6.57. The van der Waals surface area contributed by atoms with E-state index in [9.17, 15) is 0 Å². The third-order valence-electron chi connectivity index (χ3n) is 2.83. The maximum Gasteiger partial charge on any atom is 0.154 e. The number of rotatable bonds is 5.